The highest BCUT2D eigenvalue weighted by Gasteiger charge is 2.15. The summed E-state index contributed by atoms with van der Waals surface area (Å²) < 4.78 is 1.76. The SMILES string of the molecule is CCCNC(=O)Nc1ccc2nc3n(c(=O)c2c1)CCCC3. The maximum absolute atomic E-state index is 12.6. The van der Waals surface area contributed by atoms with Gasteiger partial charge in [-0.3, -0.25) is 9.36 Å². The predicted molar refractivity (Wildman–Crippen MR) is 86.3 cm³/mol. The number of carbonyl (C=O) groups excluding carboxylic acids is 1. The number of nitrogens with one attached hydrogen (secondary N) is 2. The van der Waals surface area contributed by atoms with Crippen molar-refractivity contribution in [3.8, 4) is 0 Å². The molecule has 0 radical (unpaired) electrons. The second-order valence-electron chi connectivity index (χ2n) is 5.55. The Labute approximate surface area is 128 Å². The minimum atomic E-state index is -0.257. The molecule has 1 aliphatic heterocycles. The van der Waals surface area contributed by atoms with E-state index in [1.807, 2.05) is 6.92 Å². The largest absolute Gasteiger partial charge is 0.338 e. The van der Waals surface area contributed by atoms with Gasteiger partial charge in [0.1, 0.15) is 5.82 Å². The van der Waals surface area contributed by atoms with Crippen LogP contribution in [0.2, 0.25) is 0 Å². The number of aryl methyl sites for hydroxylation is 1. The zero-order chi connectivity index (χ0) is 15.5. The average molecular weight is 300 g/mol. The van der Waals surface area contributed by atoms with Crippen molar-refractivity contribution in [1.29, 1.82) is 0 Å². The van der Waals surface area contributed by atoms with Crippen molar-refractivity contribution in [2.45, 2.75) is 39.2 Å². The van der Waals surface area contributed by atoms with E-state index in [1.54, 1.807) is 22.8 Å². The normalized spacial score (nSPS) is 13.7. The molecule has 22 heavy (non-hydrogen) atoms. The number of hydrogen-bond acceptors (Lipinski definition) is 3. The van der Waals surface area contributed by atoms with E-state index < -0.39 is 0 Å². The van der Waals surface area contributed by atoms with Crippen LogP contribution in [0.1, 0.15) is 32.0 Å². The highest BCUT2D eigenvalue weighted by Crippen LogP contribution is 2.18. The highest BCUT2D eigenvalue weighted by molar-refractivity contribution is 5.92. The second-order valence-corrected chi connectivity index (χ2v) is 5.55. The topological polar surface area (TPSA) is 76.0 Å². The van der Waals surface area contributed by atoms with Crippen molar-refractivity contribution in [2.24, 2.45) is 0 Å². The Morgan fingerprint density at radius 2 is 2.23 bits per heavy atom. The number of benzene rings is 1. The lowest BCUT2D eigenvalue weighted by Crippen LogP contribution is -2.30. The first-order chi connectivity index (χ1) is 10.7. The third kappa shape index (κ3) is 2.81. The van der Waals surface area contributed by atoms with Crippen LogP contribution in [0, 0.1) is 0 Å². The van der Waals surface area contributed by atoms with E-state index in [9.17, 15) is 9.59 Å². The number of carbonyl (C=O) groups is 1. The zero-order valence-corrected chi connectivity index (χ0v) is 12.7. The van der Waals surface area contributed by atoms with Gasteiger partial charge in [-0.1, -0.05) is 6.92 Å². The van der Waals surface area contributed by atoms with E-state index in [-0.39, 0.29) is 11.6 Å². The summed E-state index contributed by atoms with van der Waals surface area (Å²) in [6, 6.07) is 5.02. The second kappa shape index (κ2) is 6.17. The minimum Gasteiger partial charge on any atom is -0.338 e. The van der Waals surface area contributed by atoms with Crippen LogP contribution in [0.3, 0.4) is 0 Å². The first-order valence-electron chi connectivity index (χ1n) is 7.77. The third-order valence-electron chi connectivity index (χ3n) is 3.86. The lowest BCUT2D eigenvalue weighted by Gasteiger charge is -2.18. The number of aromatic nitrogens is 2. The fourth-order valence-corrected chi connectivity index (χ4v) is 2.73. The van der Waals surface area contributed by atoms with Crippen molar-refractivity contribution in [2.75, 3.05) is 11.9 Å². The van der Waals surface area contributed by atoms with Gasteiger partial charge in [0.25, 0.3) is 5.56 Å². The van der Waals surface area contributed by atoms with Gasteiger partial charge in [0.15, 0.2) is 0 Å². The number of amides is 2. The molecule has 2 amide bonds. The van der Waals surface area contributed by atoms with E-state index in [2.05, 4.69) is 15.6 Å². The third-order valence-corrected chi connectivity index (χ3v) is 3.86. The number of fused-ring (bicyclic) bond motifs is 2. The van der Waals surface area contributed by atoms with Gasteiger partial charge >= 0.3 is 6.03 Å². The van der Waals surface area contributed by atoms with Crippen molar-refractivity contribution < 1.29 is 4.79 Å². The van der Waals surface area contributed by atoms with Gasteiger partial charge in [0, 0.05) is 25.2 Å². The molecule has 0 saturated carbocycles. The maximum Gasteiger partial charge on any atom is 0.319 e. The minimum absolute atomic E-state index is 0.0164. The molecule has 0 spiro atoms. The number of hydrogen-bond donors (Lipinski definition) is 2. The molecular formula is C16H20N4O2. The Morgan fingerprint density at radius 1 is 1.36 bits per heavy atom. The van der Waals surface area contributed by atoms with Crippen molar-refractivity contribution >= 4 is 22.6 Å². The summed E-state index contributed by atoms with van der Waals surface area (Å²) in [5, 5.41) is 6.05. The van der Waals surface area contributed by atoms with Crippen LogP contribution < -0.4 is 16.2 Å². The number of anilines is 1. The summed E-state index contributed by atoms with van der Waals surface area (Å²) >= 11 is 0. The van der Waals surface area contributed by atoms with E-state index >= 15 is 0 Å². The van der Waals surface area contributed by atoms with Gasteiger partial charge in [-0.2, -0.15) is 0 Å². The van der Waals surface area contributed by atoms with Crippen LogP contribution in [-0.4, -0.2) is 22.1 Å². The lowest BCUT2D eigenvalue weighted by molar-refractivity contribution is 0.252. The van der Waals surface area contributed by atoms with Crippen LogP contribution in [0.5, 0.6) is 0 Å². The van der Waals surface area contributed by atoms with Crippen molar-refractivity contribution in [3.05, 3.63) is 34.4 Å². The fourth-order valence-electron chi connectivity index (χ4n) is 2.73. The summed E-state index contributed by atoms with van der Waals surface area (Å²) in [5.41, 5.74) is 1.28. The summed E-state index contributed by atoms with van der Waals surface area (Å²) in [4.78, 5) is 28.9. The molecule has 0 atom stereocenters. The van der Waals surface area contributed by atoms with Gasteiger partial charge < -0.3 is 10.6 Å². The lowest BCUT2D eigenvalue weighted by atomic mass is 10.1. The highest BCUT2D eigenvalue weighted by atomic mass is 16.2. The summed E-state index contributed by atoms with van der Waals surface area (Å²) in [6.45, 7) is 3.34. The van der Waals surface area contributed by atoms with Crippen LogP contribution in [0.4, 0.5) is 10.5 Å². The molecule has 1 aliphatic rings. The Hall–Kier alpha value is -2.37. The van der Waals surface area contributed by atoms with E-state index in [0.717, 1.165) is 38.1 Å². The molecule has 2 N–H and O–H groups in total. The molecule has 2 aromatic rings. The molecule has 6 nitrogen and oxygen atoms in total. The quantitative estimate of drug-likeness (QED) is 0.913. The van der Waals surface area contributed by atoms with Gasteiger partial charge in [-0.25, -0.2) is 9.78 Å². The van der Waals surface area contributed by atoms with E-state index in [0.29, 0.717) is 23.1 Å². The number of urea groups is 1. The summed E-state index contributed by atoms with van der Waals surface area (Å²) in [6.07, 6.45) is 3.82. The Kier molecular flexibility index (Phi) is 4.09. The van der Waals surface area contributed by atoms with Gasteiger partial charge in [-0.05, 0) is 37.5 Å². The van der Waals surface area contributed by atoms with Crippen molar-refractivity contribution in [3.63, 3.8) is 0 Å². The molecule has 0 aliphatic carbocycles. The van der Waals surface area contributed by atoms with E-state index in [1.165, 1.54) is 0 Å². The Bertz CT molecular complexity index is 767. The predicted octanol–water partition coefficient (Wildman–Crippen LogP) is 2.26. The molecular weight excluding hydrogens is 280 g/mol. The maximum atomic E-state index is 12.6. The van der Waals surface area contributed by atoms with E-state index in [4.69, 9.17) is 0 Å². The molecule has 1 aromatic heterocycles. The first kappa shape index (κ1) is 14.6. The Morgan fingerprint density at radius 3 is 3.05 bits per heavy atom. The van der Waals surface area contributed by atoms with Crippen LogP contribution in [0.15, 0.2) is 23.0 Å². The molecule has 1 aromatic carbocycles. The van der Waals surface area contributed by atoms with Gasteiger partial charge in [0.05, 0.1) is 10.9 Å². The fraction of sp³-hybridized carbons (Fsp3) is 0.438. The Balaban J connectivity index is 1.94. The standard InChI is InChI=1S/C16H20N4O2/c1-2-8-17-16(22)18-11-6-7-13-12(10-11)15(21)20-9-4-3-5-14(20)19-13/h6-7,10H,2-5,8-9H2,1H3,(H2,17,18,22). The van der Waals surface area contributed by atoms with Crippen LogP contribution in [0.25, 0.3) is 10.9 Å². The van der Waals surface area contributed by atoms with Crippen LogP contribution >= 0.6 is 0 Å². The van der Waals surface area contributed by atoms with Crippen molar-refractivity contribution in [1.82, 2.24) is 14.9 Å². The average Bonchev–Trinajstić information content (AvgIpc) is 2.54. The molecule has 0 saturated heterocycles. The summed E-state index contributed by atoms with van der Waals surface area (Å²) in [5.74, 6) is 0.866. The molecule has 116 valence electrons. The monoisotopic (exact) mass is 300 g/mol. The number of rotatable bonds is 3. The molecule has 0 bridgehead atoms. The molecule has 2 heterocycles. The molecule has 6 heteroatoms. The molecule has 0 unspecified atom stereocenters. The smallest absolute Gasteiger partial charge is 0.319 e. The zero-order valence-electron chi connectivity index (χ0n) is 12.7. The molecule has 0 fully saturated rings. The molecule has 3 rings (SSSR count). The van der Waals surface area contributed by atoms with Gasteiger partial charge in [-0.15, -0.1) is 0 Å². The van der Waals surface area contributed by atoms with Gasteiger partial charge in [0.2, 0.25) is 0 Å². The van der Waals surface area contributed by atoms with Crippen LogP contribution in [-0.2, 0) is 13.0 Å². The number of nitrogens with zero attached hydrogens (tertiary/aromatic N) is 2. The first-order valence-corrected chi connectivity index (χ1v) is 7.77. The summed E-state index contributed by atoms with van der Waals surface area (Å²) in [7, 11) is 0.